The molecular weight excluding hydrogens is 599 g/mol. The van der Waals surface area contributed by atoms with E-state index in [4.69, 9.17) is 0 Å². The molecule has 1 heterocycles. The summed E-state index contributed by atoms with van der Waals surface area (Å²) < 4.78 is 0. The SMILES string of the molecule is C=C1/C=C\C=C/Cc2c(ccc3c2N(c2ccccc2)c2cc(-c4cc(-c5ccccc5)cc(-c5ccccc5)c4)ccc2S3)C1(C)C. The zero-order valence-electron chi connectivity index (χ0n) is 27.4. The van der Waals surface area contributed by atoms with E-state index in [1.165, 1.54) is 65.7 Å². The van der Waals surface area contributed by atoms with Crippen molar-refractivity contribution in [3.63, 3.8) is 0 Å². The molecule has 232 valence electrons. The molecule has 0 N–H and O–H groups in total. The molecule has 6 aromatic carbocycles. The minimum atomic E-state index is -0.215. The summed E-state index contributed by atoms with van der Waals surface area (Å²) in [4.78, 5) is 5.03. The highest BCUT2D eigenvalue weighted by atomic mass is 32.2. The Bertz CT molecular complexity index is 2150. The third-order valence-electron chi connectivity index (χ3n) is 9.73. The fourth-order valence-corrected chi connectivity index (χ4v) is 8.06. The van der Waals surface area contributed by atoms with Crippen molar-refractivity contribution in [3.05, 3.63) is 187 Å². The normalized spacial score (nSPS) is 16.0. The molecule has 0 spiro atoms. The van der Waals surface area contributed by atoms with Crippen LogP contribution >= 0.6 is 11.8 Å². The van der Waals surface area contributed by atoms with Gasteiger partial charge in [0, 0.05) is 20.9 Å². The molecular formula is C46H37NS. The van der Waals surface area contributed by atoms with Gasteiger partial charge in [0.2, 0.25) is 0 Å². The fourth-order valence-electron chi connectivity index (χ4n) is 6.98. The van der Waals surface area contributed by atoms with E-state index < -0.39 is 0 Å². The highest BCUT2D eigenvalue weighted by Crippen LogP contribution is 2.55. The molecule has 0 fully saturated rings. The molecule has 0 atom stereocenters. The average Bonchev–Trinajstić information content (AvgIpc) is 3.19. The number of hydrogen-bond donors (Lipinski definition) is 0. The van der Waals surface area contributed by atoms with Crippen molar-refractivity contribution in [2.75, 3.05) is 4.90 Å². The molecule has 2 aliphatic rings. The molecule has 6 aromatic rings. The Labute approximate surface area is 288 Å². The molecule has 0 radical (unpaired) electrons. The number of benzene rings is 6. The van der Waals surface area contributed by atoms with Crippen LogP contribution in [0.25, 0.3) is 33.4 Å². The van der Waals surface area contributed by atoms with E-state index in [2.05, 4.69) is 189 Å². The molecule has 0 amide bonds. The molecule has 48 heavy (non-hydrogen) atoms. The van der Waals surface area contributed by atoms with Crippen LogP contribution in [0, 0.1) is 0 Å². The van der Waals surface area contributed by atoms with Gasteiger partial charge in [0.1, 0.15) is 0 Å². The minimum absolute atomic E-state index is 0.215. The number of rotatable bonds is 4. The number of fused-ring (bicyclic) bond motifs is 4. The number of nitrogens with zero attached hydrogens (tertiary/aromatic N) is 1. The van der Waals surface area contributed by atoms with E-state index >= 15 is 0 Å². The maximum atomic E-state index is 4.50. The zero-order chi connectivity index (χ0) is 32.7. The van der Waals surface area contributed by atoms with Gasteiger partial charge in [-0.25, -0.2) is 0 Å². The van der Waals surface area contributed by atoms with Crippen molar-refractivity contribution < 1.29 is 0 Å². The van der Waals surface area contributed by atoms with Gasteiger partial charge >= 0.3 is 0 Å². The molecule has 8 rings (SSSR count). The average molecular weight is 636 g/mol. The third-order valence-corrected chi connectivity index (χ3v) is 10.8. The monoisotopic (exact) mass is 635 g/mol. The lowest BCUT2D eigenvalue weighted by Gasteiger charge is -2.38. The smallest absolute Gasteiger partial charge is 0.0639 e. The third kappa shape index (κ3) is 5.43. The Morgan fingerprint density at radius 2 is 1.17 bits per heavy atom. The van der Waals surface area contributed by atoms with Crippen LogP contribution in [0.4, 0.5) is 17.1 Å². The van der Waals surface area contributed by atoms with E-state index in [9.17, 15) is 0 Å². The number of allylic oxidation sites excluding steroid dienone is 5. The van der Waals surface area contributed by atoms with E-state index in [0.29, 0.717) is 0 Å². The van der Waals surface area contributed by atoms with E-state index in [0.717, 1.165) is 17.7 Å². The first-order chi connectivity index (χ1) is 23.5. The van der Waals surface area contributed by atoms with Crippen molar-refractivity contribution in [3.8, 4) is 33.4 Å². The zero-order valence-corrected chi connectivity index (χ0v) is 28.2. The standard InChI is InChI=1S/C46H37NS/c1-32-16-8-4-15-23-40-41(46(32,2)3)25-27-44-45(40)47(39-21-13-7-14-22-39)42-31-35(24-26-43(42)48-44)38-29-36(33-17-9-5-10-18-33)28-37(30-38)34-19-11-6-12-20-34/h4-22,24-31H,1,23H2,2-3H3/b15-4-,16-8-. The van der Waals surface area contributed by atoms with Gasteiger partial charge in [-0.1, -0.05) is 147 Å². The largest absolute Gasteiger partial charge is 0.308 e. The summed E-state index contributed by atoms with van der Waals surface area (Å²) in [6, 6.07) is 50.9. The van der Waals surface area contributed by atoms with Gasteiger partial charge in [0.25, 0.3) is 0 Å². The Kier molecular flexibility index (Phi) is 7.75. The van der Waals surface area contributed by atoms with Gasteiger partial charge in [-0.05, 0) is 105 Å². The van der Waals surface area contributed by atoms with Crippen molar-refractivity contribution in [1.29, 1.82) is 0 Å². The molecule has 0 saturated heterocycles. The van der Waals surface area contributed by atoms with Crippen LogP contribution in [0.1, 0.15) is 25.0 Å². The van der Waals surface area contributed by atoms with Crippen molar-refractivity contribution in [1.82, 2.24) is 0 Å². The molecule has 0 aromatic heterocycles. The van der Waals surface area contributed by atoms with Crippen LogP contribution in [0.5, 0.6) is 0 Å². The second-order valence-corrected chi connectivity index (χ2v) is 14.2. The lowest BCUT2D eigenvalue weighted by molar-refractivity contribution is 0.634. The van der Waals surface area contributed by atoms with Crippen LogP contribution in [0.3, 0.4) is 0 Å². The second kappa shape index (κ2) is 12.4. The molecule has 1 aliphatic carbocycles. The molecule has 0 saturated carbocycles. The van der Waals surface area contributed by atoms with Gasteiger partial charge in [-0.2, -0.15) is 0 Å². The van der Waals surface area contributed by atoms with Crippen molar-refractivity contribution in [2.24, 2.45) is 0 Å². The van der Waals surface area contributed by atoms with Gasteiger partial charge in [0.15, 0.2) is 0 Å². The first-order valence-corrected chi connectivity index (χ1v) is 17.4. The lowest BCUT2D eigenvalue weighted by Crippen LogP contribution is -2.24. The van der Waals surface area contributed by atoms with Crippen LogP contribution in [0.15, 0.2) is 186 Å². The summed E-state index contributed by atoms with van der Waals surface area (Å²) in [7, 11) is 0. The maximum absolute atomic E-state index is 4.50. The highest BCUT2D eigenvalue weighted by molar-refractivity contribution is 7.99. The highest BCUT2D eigenvalue weighted by Gasteiger charge is 2.33. The van der Waals surface area contributed by atoms with Crippen LogP contribution in [0.2, 0.25) is 0 Å². The summed E-state index contributed by atoms with van der Waals surface area (Å²) in [6.07, 6.45) is 9.57. The van der Waals surface area contributed by atoms with Gasteiger partial charge in [-0.15, -0.1) is 0 Å². The fraction of sp³-hybridized carbons (Fsp3) is 0.0870. The summed E-state index contributed by atoms with van der Waals surface area (Å²) in [5.74, 6) is 0. The first-order valence-electron chi connectivity index (χ1n) is 16.6. The van der Waals surface area contributed by atoms with Crippen LogP contribution in [-0.2, 0) is 11.8 Å². The summed E-state index contributed by atoms with van der Waals surface area (Å²) >= 11 is 1.87. The molecule has 0 unspecified atom stereocenters. The van der Waals surface area contributed by atoms with Gasteiger partial charge in [0.05, 0.1) is 11.4 Å². The Balaban J connectivity index is 1.34. The predicted molar refractivity (Wildman–Crippen MR) is 206 cm³/mol. The quantitative estimate of drug-likeness (QED) is 0.189. The minimum Gasteiger partial charge on any atom is -0.308 e. The predicted octanol–water partition coefficient (Wildman–Crippen LogP) is 13.1. The number of hydrogen-bond acceptors (Lipinski definition) is 2. The Morgan fingerprint density at radius 1 is 0.583 bits per heavy atom. The number of anilines is 3. The maximum Gasteiger partial charge on any atom is 0.0639 e. The summed E-state index contributed by atoms with van der Waals surface area (Å²) in [5.41, 5.74) is 14.5. The summed E-state index contributed by atoms with van der Waals surface area (Å²) in [5, 5.41) is 0. The van der Waals surface area contributed by atoms with Crippen molar-refractivity contribution in [2.45, 2.75) is 35.5 Å². The van der Waals surface area contributed by atoms with Crippen LogP contribution in [-0.4, -0.2) is 0 Å². The second-order valence-electron chi connectivity index (χ2n) is 13.1. The molecule has 2 heteroatoms. The first kappa shape index (κ1) is 30.1. The van der Waals surface area contributed by atoms with E-state index in [-0.39, 0.29) is 5.41 Å². The number of para-hydroxylation sites is 1. The van der Waals surface area contributed by atoms with E-state index in [1.807, 2.05) is 11.8 Å². The molecule has 1 aliphatic heterocycles. The lowest BCUT2D eigenvalue weighted by atomic mass is 9.75. The summed E-state index contributed by atoms with van der Waals surface area (Å²) in [6.45, 7) is 9.10. The van der Waals surface area contributed by atoms with Crippen molar-refractivity contribution >= 4 is 28.8 Å². The van der Waals surface area contributed by atoms with Crippen LogP contribution < -0.4 is 4.90 Å². The van der Waals surface area contributed by atoms with Gasteiger partial charge < -0.3 is 4.90 Å². The Morgan fingerprint density at radius 3 is 1.81 bits per heavy atom. The topological polar surface area (TPSA) is 3.24 Å². The molecule has 0 bridgehead atoms. The van der Waals surface area contributed by atoms with Gasteiger partial charge in [-0.3, -0.25) is 0 Å². The Hall–Kier alpha value is -5.31. The molecule has 1 nitrogen and oxygen atoms in total. The van der Waals surface area contributed by atoms with E-state index in [1.54, 1.807) is 0 Å².